The Bertz CT molecular complexity index is 528. The predicted molar refractivity (Wildman–Crippen MR) is 71.2 cm³/mol. The summed E-state index contributed by atoms with van der Waals surface area (Å²) in [6, 6.07) is 11.1. The van der Waals surface area contributed by atoms with Crippen molar-refractivity contribution in [2.75, 3.05) is 0 Å². The summed E-state index contributed by atoms with van der Waals surface area (Å²) in [7, 11) is 0. The van der Waals surface area contributed by atoms with Crippen molar-refractivity contribution in [3.8, 4) is 0 Å². The van der Waals surface area contributed by atoms with Gasteiger partial charge in [-0.25, -0.2) is 0 Å². The van der Waals surface area contributed by atoms with Crippen LogP contribution in [0.2, 0.25) is 5.02 Å². The first kappa shape index (κ1) is 12.6. The zero-order chi connectivity index (χ0) is 12.8. The molecule has 2 aromatic rings. The molecule has 0 aliphatic rings. The summed E-state index contributed by atoms with van der Waals surface area (Å²) in [6.45, 7) is 0.493. The molecule has 3 nitrogen and oxygen atoms in total. The number of benzene rings is 1. The van der Waals surface area contributed by atoms with Gasteiger partial charge in [-0.05, 0) is 29.3 Å². The van der Waals surface area contributed by atoms with E-state index in [4.69, 9.17) is 11.6 Å². The number of rotatable bonds is 4. The summed E-state index contributed by atoms with van der Waals surface area (Å²) >= 11 is 5.86. The Morgan fingerprint density at radius 2 is 2.06 bits per heavy atom. The second-order valence-electron chi connectivity index (χ2n) is 3.94. The summed E-state index contributed by atoms with van der Waals surface area (Å²) in [5.41, 5.74) is 1.89. The SMILES string of the molecule is O=C(Cc1cccc(Cl)c1)NCc1cccnc1. The van der Waals surface area contributed by atoms with Crippen LogP contribution in [0.4, 0.5) is 0 Å². The van der Waals surface area contributed by atoms with E-state index < -0.39 is 0 Å². The lowest BCUT2D eigenvalue weighted by molar-refractivity contribution is -0.120. The van der Waals surface area contributed by atoms with Crippen molar-refractivity contribution < 1.29 is 4.79 Å². The molecule has 1 N–H and O–H groups in total. The highest BCUT2D eigenvalue weighted by atomic mass is 35.5. The van der Waals surface area contributed by atoms with Crippen molar-refractivity contribution in [2.45, 2.75) is 13.0 Å². The Balaban J connectivity index is 1.86. The number of nitrogens with one attached hydrogen (secondary N) is 1. The monoisotopic (exact) mass is 260 g/mol. The summed E-state index contributed by atoms with van der Waals surface area (Å²) in [6.07, 6.45) is 3.78. The van der Waals surface area contributed by atoms with E-state index in [0.29, 0.717) is 18.0 Å². The van der Waals surface area contributed by atoms with E-state index in [9.17, 15) is 4.79 Å². The van der Waals surface area contributed by atoms with Crippen LogP contribution in [-0.2, 0) is 17.8 Å². The number of aromatic nitrogens is 1. The van der Waals surface area contributed by atoms with Gasteiger partial charge in [0.15, 0.2) is 0 Å². The maximum absolute atomic E-state index is 11.7. The third kappa shape index (κ3) is 3.86. The highest BCUT2D eigenvalue weighted by Crippen LogP contribution is 2.11. The van der Waals surface area contributed by atoms with Crippen molar-refractivity contribution in [3.05, 3.63) is 64.9 Å². The normalized spacial score (nSPS) is 10.1. The van der Waals surface area contributed by atoms with Crippen LogP contribution in [0.1, 0.15) is 11.1 Å². The molecular weight excluding hydrogens is 248 g/mol. The molecule has 0 unspecified atom stereocenters. The van der Waals surface area contributed by atoms with Crippen LogP contribution in [0.3, 0.4) is 0 Å². The van der Waals surface area contributed by atoms with Crippen LogP contribution >= 0.6 is 11.6 Å². The first-order valence-corrected chi connectivity index (χ1v) is 6.02. The fourth-order valence-electron chi connectivity index (χ4n) is 1.60. The summed E-state index contributed by atoms with van der Waals surface area (Å²) in [5.74, 6) is -0.0267. The number of halogens is 1. The fourth-order valence-corrected chi connectivity index (χ4v) is 1.81. The molecule has 0 saturated heterocycles. The van der Waals surface area contributed by atoms with Gasteiger partial charge in [-0.2, -0.15) is 0 Å². The maximum Gasteiger partial charge on any atom is 0.224 e. The molecule has 0 fully saturated rings. The van der Waals surface area contributed by atoms with Gasteiger partial charge in [0.2, 0.25) is 5.91 Å². The minimum atomic E-state index is -0.0267. The molecule has 92 valence electrons. The van der Waals surface area contributed by atoms with Crippen molar-refractivity contribution in [1.29, 1.82) is 0 Å². The van der Waals surface area contributed by atoms with E-state index in [-0.39, 0.29) is 5.91 Å². The van der Waals surface area contributed by atoms with Crippen LogP contribution < -0.4 is 5.32 Å². The van der Waals surface area contributed by atoms with Gasteiger partial charge in [0, 0.05) is 24.0 Å². The number of hydrogen-bond donors (Lipinski definition) is 1. The Kier molecular flexibility index (Phi) is 4.31. The average molecular weight is 261 g/mol. The third-order valence-corrected chi connectivity index (χ3v) is 2.70. The van der Waals surface area contributed by atoms with Gasteiger partial charge in [0.05, 0.1) is 6.42 Å². The minimum absolute atomic E-state index is 0.0267. The van der Waals surface area contributed by atoms with Crippen LogP contribution in [0.25, 0.3) is 0 Å². The molecule has 1 amide bonds. The van der Waals surface area contributed by atoms with E-state index in [2.05, 4.69) is 10.3 Å². The lowest BCUT2D eigenvalue weighted by atomic mass is 10.1. The molecule has 0 aliphatic carbocycles. The van der Waals surface area contributed by atoms with Crippen LogP contribution in [0, 0.1) is 0 Å². The Hall–Kier alpha value is -1.87. The fraction of sp³-hybridized carbons (Fsp3) is 0.143. The topological polar surface area (TPSA) is 42.0 Å². The standard InChI is InChI=1S/C14H13ClN2O/c15-13-5-1-3-11(7-13)8-14(18)17-10-12-4-2-6-16-9-12/h1-7,9H,8,10H2,(H,17,18). The molecule has 0 atom stereocenters. The van der Waals surface area contributed by atoms with Crippen molar-refractivity contribution in [3.63, 3.8) is 0 Å². The molecule has 1 aromatic carbocycles. The quantitative estimate of drug-likeness (QED) is 0.918. The lowest BCUT2D eigenvalue weighted by Crippen LogP contribution is -2.24. The molecule has 1 heterocycles. The summed E-state index contributed by atoms with van der Waals surface area (Å²) in [5, 5.41) is 3.49. The number of nitrogens with zero attached hydrogens (tertiary/aromatic N) is 1. The second kappa shape index (κ2) is 6.17. The van der Waals surface area contributed by atoms with Gasteiger partial charge in [-0.15, -0.1) is 0 Å². The first-order chi connectivity index (χ1) is 8.74. The van der Waals surface area contributed by atoms with Gasteiger partial charge in [-0.1, -0.05) is 29.8 Å². The Labute approximate surface area is 111 Å². The van der Waals surface area contributed by atoms with E-state index in [0.717, 1.165) is 11.1 Å². The van der Waals surface area contributed by atoms with Gasteiger partial charge in [0.25, 0.3) is 0 Å². The minimum Gasteiger partial charge on any atom is -0.352 e. The van der Waals surface area contributed by atoms with E-state index in [1.54, 1.807) is 24.5 Å². The molecule has 4 heteroatoms. The Morgan fingerprint density at radius 1 is 1.22 bits per heavy atom. The van der Waals surface area contributed by atoms with E-state index in [1.165, 1.54) is 0 Å². The molecule has 0 aliphatic heterocycles. The Morgan fingerprint density at radius 3 is 2.78 bits per heavy atom. The predicted octanol–water partition coefficient (Wildman–Crippen LogP) is 2.59. The zero-order valence-electron chi connectivity index (χ0n) is 9.77. The van der Waals surface area contributed by atoms with Crippen LogP contribution in [-0.4, -0.2) is 10.9 Å². The first-order valence-electron chi connectivity index (χ1n) is 5.64. The van der Waals surface area contributed by atoms with Gasteiger partial charge >= 0.3 is 0 Å². The molecular formula is C14H13ClN2O. The molecule has 0 radical (unpaired) electrons. The van der Waals surface area contributed by atoms with Crippen LogP contribution in [0.15, 0.2) is 48.8 Å². The van der Waals surface area contributed by atoms with Crippen molar-refractivity contribution >= 4 is 17.5 Å². The van der Waals surface area contributed by atoms with Crippen molar-refractivity contribution in [1.82, 2.24) is 10.3 Å². The number of hydrogen-bond acceptors (Lipinski definition) is 2. The van der Waals surface area contributed by atoms with Crippen molar-refractivity contribution in [2.24, 2.45) is 0 Å². The van der Waals surface area contributed by atoms with E-state index in [1.807, 2.05) is 24.3 Å². The summed E-state index contributed by atoms with van der Waals surface area (Å²) in [4.78, 5) is 15.7. The summed E-state index contributed by atoms with van der Waals surface area (Å²) < 4.78 is 0. The number of pyridine rings is 1. The molecule has 0 spiro atoms. The molecule has 1 aromatic heterocycles. The lowest BCUT2D eigenvalue weighted by Gasteiger charge is -2.05. The van der Waals surface area contributed by atoms with Gasteiger partial charge < -0.3 is 5.32 Å². The highest BCUT2D eigenvalue weighted by molar-refractivity contribution is 6.30. The van der Waals surface area contributed by atoms with Gasteiger partial charge in [0.1, 0.15) is 0 Å². The largest absolute Gasteiger partial charge is 0.352 e. The molecule has 18 heavy (non-hydrogen) atoms. The molecule has 0 saturated carbocycles. The maximum atomic E-state index is 11.7. The van der Waals surface area contributed by atoms with Crippen LogP contribution in [0.5, 0.6) is 0 Å². The smallest absolute Gasteiger partial charge is 0.224 e. The third-order valence-electron chi connectivity index (χ3n) is 2.47. The molecule has 2 rings (SSSR count). The number of carbonyl (C=O) groups excluding carboxylic acids is 1. The van der Waals surface area contributed by atoms with Gasteiger partial charge in [-0.3, -0.25) is 9.78 Å². The number of amides is 1. The second-order valence-corrected chi connectivity index (χ2v) is 4.38. The molecule has 0 bridgehead atoms. The van der Waals surface area contributed by atoms with E-state index >= 15 is 0 Å². The highest BCUT2D eigenvalue weighted by Gasteiger charge is 2.03. The number of carbonyl (C=O) groups is 1. The zero-order valence-corrected chi connectivity index (χ0v) is 10.5. The average Bonchev–Trinajstić information content (AvgIpc) is 2.38.